The van der Waals surface area contributed by atoms with Gasteiger partial charge in [-0.15, -0.1) is 0 Å². The number of rotatable bonds is 4. The van der Waals surface area contributed by atoms with Crippen LogP contribution < -0.4 is 5.32 Å². The second kappa shape index (κ2) is 6.07. The summed E-state index contributed by atoms with van der Waals surface area (Å²) in [6.45, 7) is 13.9. The van der Waals surface area contributed by atoms with Crippen LogP contribution in [0.2, 0.25) is 0 Å². The number of morpholine rings is 1. The molecule has 21 heavy (non-hydrogen) atoms. The number of ether oxygens (including phenoxy) is 1. The first kappa shape index (κ1) is 16.5. The molecule has 2 rings (SSSR count). The molecule has 118 valence electrons. The Morgan fingerprint density at radius 1 is 1.14 bits per heavy atom. The van der Waals surface area contributed by atoms with Crippen molar-refractivity contribution in [3.63, 3.8) is 0 Å². The predicted molar refractivity (Wildman–Crippen MR) is 88.7 cm³/mol. The lowest BCUT2D eigenvalue weighted by Gasteiger charge is -2.48. The minimum absolute atomic E-state index is 0.0915. The highest BCUT2D eigenvalue weighted by Gasteiger charge is 2.38. The maximum absolute atomic E-state index is 6.17. The number of nitrogens with one attached hydrogen (secondary N) is 1. The first-order valence-electron chi connectivity index (χ1n) is 7.88. The fourth-order valence-electron chi connectivity index (χ4n) is 3.66. The molecule has 0 aromatic heterocycles. The van der Waals surface area contributed by atoms with Crippen molar-refractivity contribution in [2.75, 3.05) is 26.7 Å². The van der Waals surface area contributed by atoms with Gasteiger partial charge in [-0.3, -0.25) is 4.90 Å². The molecular formula is C18H30N2O. The molecule has 0 bridgehead atoms. The summed E-state index contributed by atoms with van der Waals surface area (Å²) in [5.41, 5.74) is 2.56. The summed E-state index contributed by atoms with van der Waals surface area (Å²) in [6, 6.07) is 9.00. The second-order valence-corrected chi connectivity index (χ2v) is 7.49. The Labute approximate surface area is 129 Å². The average molecular weight is 290 g/mol. The largest absolute Gasteiger partial charge is 0.367 e. The van der Waals surface area contributed by atoms with E-state index in [2.05, 4.69) is 69.1 Å². The van der Waals surface area contributed by atoms with Crippen molar-refractivity contribution in [3.8, 4) is 0 Å². The Hall–Kier alpha value is -0.900. The lowest BCUT2D eigenvalue weighted by Crippen LogP contribution is -2.58. The molecule has 1 saturated heterocycles. The Bertz CT molecular complexity index is 466. The van der Waals surface area contributed by atoms with E-state index in [0.717, 1.165) is 19.6 Å². The quantitative estimate of drug-likeness (QED) is 0.922. The van der Waals surface area contributed by atoms with E-state index in [1.165, 1.54) is 11.1 Å². The average Bonchev–Trinajstić information content (AvgIpc) is 2.33. The lowest BCUT2D eigenvalue weighted by atomic mass is 9.96. The van der Waals surface area contributed by atoms with Crippen LogP contribution in [-0.2, 0) is 4.74 Å². The van der Waals surface area contributed by atoms with E-state index in [0.29, 0.717) is 6.04 Å². The van der Waals surface area contributed by atoms with E-state index < -0.39 is 0 Å². The smallest absolute Gasteiger partial charge is 0.0760 e. The highest BCUT2D eigenvalue weighted by molar-refractivity contribution is 5.29. The number of nitrogens with zero attached hydrogens (tertiary/aromatic N) is 1. The summed E-state index contributed by atoms with van der Waals surface area (Å²) >= 11 is 0. The lowest BCUT2D eigenvalue weighted by molar-refractivity contribution is -0.181. The first-order valence-corrected chi connectivity index (χ1v) is 7.88. The fraction of sp³-hybridized carbons (Fsp3) is 0.667. The van der Waals surface area contributed by atoms with Crippen LogP contribution >= 0.6 is 0 Å². The summed E-state index contributed by atoms with van der Waals surface area (Å²) in [4.78, 5) is 2.52. The highest BCUT2D eigenvalue weighted by atomic mass is 16.5. The van der Waals surface area contributed by atoms with Gasteiger partial charge in [0.1, 0.15) is 0 Å². The molecule has 1 aliphatic heterocycles. The minimum Gasteiger partial charge on any atom is -0.367 e. The van der Waals surface area contributed by atoms with Crippen LogP contribution in [0.4, 0.5) is 0 Å². The van der Waals surface area contributed by atoms with E-state index in [1.807, 2.05) is 7.05 Å². The van der Waals surface area contributed by atoms with Crippen molar-refractivity contribution in [3.05, 3.63) is 35.4 Å². The Morgan fingerprint density at radius 3 is 2.24 bits per heavy atom. The second-order valence-electron chi connectivity index (χ2n) is 7.49. The highest BCUT2D eigenvalue weighted by Crippen LogP contribution is 2.29. The van der Waals surface area contributed by atoms with Gasteiger partial charge in [0, 0.05) is 25.7 Å². The van der Waals surface area contributed by atoms with Crippen molar-refractivity contribution in [1.82, 2.24) is 10.2 Å². The van der Waals surface area contributed by atoms with Gasteiger partial charge < -0.3 is 10.1 Å². The van der Waals surface area contributed by atoms with Crippen LogP contribution in [0.15, 0.2) is 24.3 Å². The van der Waals surface area contributed by atoms with Crippen LogP contribution in [0.3, 0.4) is 0 Å². The summed E-state index contributed by atoms with van der Waals surface area (Å²) in [7, 11) is 2.05. The summed E-state index contributed by atoms with van der Waals surface area (Å²) < 4.78 is 6.17. The zero-order chi connectivity index (χ0) is 15.7. The van der Waals surface area contributed by atoms with Gasteiger partial charge >= 0.3 is 0 Å². The molecule has 1 aromatic rings. The summed E-state index contributed by atoms with van der Waals surface area (Å²) in [5.74, 6) is 0. The zero-order valence-electron chi connectivity index (χ0n) is 14.4. The third-order valence-corrected chi connectivity index (χ3v) is 4.11. The van der Waals surface area contributed by atoms with Gasteiger partial charge in [0.25, 0.3) is 0 Å². The monoisotopic (exact) mass is 290 g/mol. The van der Waals surface area contributed by atoms with Crippen molar-refractivity contribution >= 4 is 0 Å². The van der Waals surface area contributed by atoms with Crippen molar-refractivity contribution in [2.45, 2.75) is 51.9 Å². The number of likely N-dealkylation sites (N-methyl/N-ethyl adjacent to an activating group) is 1. The molecule has 3 nitrogen and oxygen atoms in total. The van der Waals surface area contributed by atoms with Gasteiger partial charge in [-0.05, 0) is 52.8 Å². The molecule has 0 radical (unpaired) electrons. The normalized spacial score (nSPS) is 23.0. The van der Waals surface area contributed by atoms with Gasteiger partial charge in [-0.25, -0.2) is 0 Å². The van der Waals surface area contributed by atoms with Crippen LogP contribution in [0.5, 0.6) is 0 Å². The Balaban J connectivity index is 2.13. The molecule has 0 saturated carbocycles. The molecule has 1 fully saturated rings. The number of hydrogen-bond donors (Lipinski definition) is 1. The molecule has 1 aromatic carbocycles. The van der Waals surface area contributed by atoms with Gasteiger partial charge in [0.2, 0.25) is 0 Å². The minimum atomic E-state index is -0.0915. The molecule has 1 atom stereocenters. The molecule has 1 unspecified atom stereocenters. The van der Waals surface area contributed by atoms with Gasteiger partial charge in [0.15, 0.2) is 0 Å². The standard InChI is InChI=1S/C18H30N2O/c1-14-9-7-8-10-15(14)16(19-6)11-20-12-17(2,3)21-18(4,5)13-20/h7-10,16,19H,11-13H2,1-6H3. The van der Waals surface area contributed by atoms with E-state index in [9.17, 15) is 0 Å². The molecule has 0 amide bonds. The zero-order valence-corrected chi connectivity index (χ0v) is 14.4. The topological polar surface area (TPSA) is 24.5 Å². The predicted octanol–water partition coefficient (Wildman–Crippen LogP) is 3.14. The van der Waals surface area contributed by atoms with Crippen LogP contribution in [0.25, 0.3) is 0 Å². The molecule has 1 aliphatic rings. The summed E-state index contributed by atoms with van der Waals surface area (Å²) in [5, 5.41) is 3.48. The number of hydrogen-bond acceptors (Lipinski definition) is 3. The maximum atomic E-state index is 6.17. The molecule has 3 heteroatoms. The molecule has 1 heterocycles. The van der Waals surface area contributed by atoms with Crippen molar-refractivity contribution in [2.24, 2.45) is 0 Å². The summed E-state index contributed by atoms with van der Waals surface area (Å²) in [6.07, 6.45) is 0. The van der Waals surface area contributed by atoms with Gasteiger partial charge in [-0.1, -0.05) is 24.3 Å². The number of aryl methyl sites for hydroxylation is 1. The van der Waals surface area contributed by atoms with E-state index in [-0.39, 0.29) is 11.2 Å². The SMILES string of the molecule is CNC(CN1CC(C)(C)OC(C)(C)C1)c1ccccc1C. The third-order valence-electron chi connectivity index (χ3n) is 4.11. The van der Waals surface area contributed by atoms with Crippen LogP contribution in [0, 0.1) is 6.92 Å². The van der Waals surface area contributed by atoms with Gasteiger partial charge in [0.05, 0.1) is 11.2 Å². The fourth-order valence-corrected chi connectivity index (χ4v) is 3.66. The maximum Gasteiger partial charge on any atom is 0.0760 e. The molecule has 0 spiro atoms. The van der Waals surface area contributed by atoms with Crippen molar-refractivity contribution in [1.29, 1.82) is 0 Å². The van der Waals surface area contributed by atoms with Crippen molar-refractivity contribution < 1.29 is 4.74 Å². The first-order chi connectivity index (χ1) is 9.72. The third kappa shape index (κ3) is 4.29. The Kier molecular flexibility index (Phi) is 4.76. The molecule has 1 N–H and O–H groups in total. The van der Waals surface area contributed by atoms with E-state index in [1.54, 1.807) is 0 Å². The Morgan fingerprint density at radius 2 is 1.71 bits per heavy atom. The van der Waals surface area contributed by atoms with E-state index in [4.69, 9.17) is 4.74 Å². The molecular weight excluding hydrogens is 260 g/mol. The van der Waals surface area contributed by atoms with Crippen LogP contribution in [0.1, 0.15) is 44.9 Å². The number of benzene rings is 1. The van der Waals surface area contributed by atoms with E-state index >= 15 is 0 Å². The van der Waals surface area contributed by atoms with Crippen LogP contribution in [-0.4, -0.2) is 42.8 Å². The molecule has 0 aliphatic carbocycles. The van der Waals surface area contributed by atoms with Gasteiger partial charge in [-0.2, -0.15) is 0 Å².